The maximum absolute atomic E-state index is 6.47. The van der Waals surface area contributed by atoms with Gasteiger partial charge in [0.2, 0.25) is 5.71 Å². The third kappa shape index (κ3) is 6.11. The molecule has 2 aromatic carbocycles. The Bertz CT molecular complexity index is 1350. The smallest absolute Gasteiger partial charge is 0.229 e. The predicted octanol–water partition coefficient (Wildman–Crippen LogP) is 5.20. The van der Waals surface area contributed by atoms with Gasteiger partial charge in [-0.2, -0.15) is 0 Å². The van der Waals surface area contributed by atoms with Gasteiger partial charge >= 0.3 is 0 Å². The Hall–Kier alpha value is -3.39. The van der Waals surface area contributed by atoms with Crippen molar-refractivity contribution >= 4 is 16.8 Å². The Morgan fingerprint density at radius 1 is 1.00 bits per heavy atom. The van der Waals surface area contributed by atoms with Gasteiger partial charge in [-0.05, 0) is 62.3 Å². The first-order valence-electron chi connectivity index (χ1n) is 14.3. The summed E-state index contributed by atoms with van der Waals surface area (Å²) in [6.45, 7) is 9.24. The number of anilines is 1. The van der Waals surface area contributed by atoms with Crippen LogP contribution in [0.25, 0.3) is 33.6 Å². The zero-order chi connectivity index (χ0) is 26.4. The minimum Gasteiger partial charge on any atom is -0.493 e. The molecule has 0 aliphatic carbocycles. The number of fused-ring (bicyclic) bond motifs is 1. The van der Waals surface area contributed by atoms with Gasteiger partial charge in [0, 0.05) is 74.7 Å². The van der Waals surface area contributed by atoms with E-state index < -0.39 is 0 Å². The summed E-state index contributed by atoms with van der Waals surface area (Å²) in [5, 5.41) is 8.14. The monoisotopic (exact) mass is 525 g/mol. The zero-order valence-electron chi connectivity index (χ0n) is 22.9. The summed E-state index contributed by atoms with van der Waals surface area (Å²) >= 11 is 0. The fraction of sp³-hybridized carbons (Fsp3) is 0.406. The van der Waals surface area contributed by atoms with Crippen molar-refractivity contribution < 1.29 is 9.15 Å². The van der Waals surface area contributed by atoms with Crippen molar-refractivity contribution in [2.45, 2.75) is 12.8 Å². The molecule has 2 fully saturated rings. The second kappa shape index (κ2) is 12.2. The SMILES string of the molecule is CN1CCCC(COc2ccc(-c3oc4nccc(NCCN5CCNCC5)c4c3-c3ccccc3)cc2)C1. The summed E-state index contributed by atoms with van der Waals surface area (Å²) in [6.07, 6.45) is 4.32. The van der Waals surface area contributed by atoms with E-state index in [0.29, 0.717) is 11.6 Å². The lowest BCUT2D eigenvalue weighted by molar-refractivity contribution is 0.150. The standard InChI is InChI=1S/C32H39N5O2/c1-36-18-5-6-24(22-36)23-38-27-11-9-26(10-12-27)31-29(25-7-3-2-4-8-25)30-28(13-14-35-32(30)39-31)34-17-21-37-19-15-33-16-20-37/h2-4,7-14,24,33H,5-6,15-23H2,1H3,(H,34,35). The Balaban J connectivity index is 1.26. The molecule has 0 radical (unpaired) electrons. The van der Waals surface area contributed by atoms with Crippen molar-refractivity contribution in [1.82, 2.24) is 20.1 Å². The molecule has 2 aliphatic rings. The molecular formula is C32H39N5O2. The van der Waals surface area contributed by atoms with Gasteiger partial charge in [-0.25, -0.2) is 4.98 Å². The van der Waals surface area contributed by atoms with Crippen molar-refractivity contribution in [3.05, 3.63) is 66.9 Å². The van der Waals surface area contributed by atoms with Crippen LogP contribution in [-0.4, -0.2) is 80.8 Å². The number of hydrogen-bond acceptors (Lipinski definition) is 7. The summed E-state index contributed by atoms with van der Waals surface area (Å²) in [5.41, 5.74) is 4.91. The highest BCUT2D eigenvalue weighted by Gasteiger charge is 2.22. The van der Waals surface area contributed by atoms with Gasteiger partial charge in [0.1, 0.15) is 11.5 Å². The van der Waals surface area contributed by atoms with Gasteiger partial charge < -0.3 is 24.7 Å². The van der Waals surface area contributed by atoms with Crippen LogP contribution < -0.4 is 15.4 Å². The maximum Gasteiger partial charge on any atom is 0.229 e. The Labute approximate surface area is 231 Å². The molecule has 0 spiro atoms. The molecule has 4 aromatic rings. The zero-order valence-corrected chi connectivity index (χ0v) is 22.9. The van der Waals surface area contributed by atoms with Crippen molar-refractivity contribution in [2.24, 2.45) is 5.92 Å². The van der Waals surface area contributed by atoms with E-state index in [9.17, 15) is 0 Å². The van der Waals surface area contributed by atoms with Gasteiger partial charge in [0.05, 0.1) is 12.0 Å². The van der Waals surface area contributed by atoms with E-state index in [4.69, 9.17) is 9.15 Å². The number of furan rings is 1. The second-order valence-corrected chi connectivity index (χ2v) is 10.8. The van der Waals surface area contributed by atoms with Crippen LogP contribution in [0.3, 0.4) is 0 Å². The van der Waals surface area contributed by atoms with E-state index in [1.807, 2.05) is 12.3 Å². The van der Waals surface area contributed by atoms with Gasteiger partial charge in [-0.1, -0.05) is 30.3 Å². The van der Waals surface area contributed by atoms with Crippen LogP contribution >= 0.6 is 0 Å². The van der Waals surface area contributed by atoms with Crippen LogP contribution in [0.1, 0.15) is 12.8 Å². The molecule has 7 nitrogen and oxygen atoms in total. The predicted molar refractivity (Wildman–Crippen MR) is 158 cm³/mol. The lowest BCUT2D eigenvalue weighted by atomic mass is 9.98. The molecule has 2 aromatic heterocycles. The summed E-state index contributed by atoms with van der Waals surface area (Å²) < 4.78 is 12.7. The topological polar surface area (TPSA) is 65.8 Å². The lowest BCUT2D eigenvalue weighted by Crippen LogP contribution is -2.45. The highest BCUT2D eigenvalue weighted by molar-refractivity contribution is 6.06. The number of rotatable bonds is 9. The van der Waals surface area contributed by atoms with E-state index in [2.05, 4.69) is 87.1 Å². The molecule has 204 valence electrons. The molecule has 6 rings (SSSR count). The lowest BCUT2D eigenvalue weighted by Gasteiger charge is -2.29. The number of ether oxygens (including phenoxy) is 1. The Morgan fingerprint density at radius 2 is 1.82 bits per heavy atom. The summed E-state index contributed by atoms with van der Waals surface area (Å²) in [5.74, 6) is 2.32. The number of benzene rings is 2. The van der Waals surface area contributed by atoms with E-state index in [1.54, 1.807) is 0 Å². The molecule has 4 heterocycles. The fourth-order valence-electron chi connectivity index (χ4n) is 5.86. The Kier molecular flexibility index (Phi) is 8.09. The Morgan fingerprint density at radius 3 is 2.62 bits per heavy atom. The number of hydrogen-bond donors (Lipinski definition) is 2. The number of nitrogens with zero attached hydrogens (tertiary/aromatic N) is 3. The molecular weight excluding hydrogens is 486 g/mol. The van der Waals surface area contributed by atoms with Crippen molar-refractivity contribution in [3.8, 4) is 28.2 Å². The largest absolute Gasteiger partial charge is 0.493 e. The molecule has 1 atom stereocenters. The minimum absolute atomic E-state index is 0.590. The van der Waals surface area contributed by atoms with E-state index in [-0.39, 0.29) is 0 Å². The average Bonchev–Trinajstić information content (AvgIpc) is 3.38. The summed E-state index contributed by atoms with van der Waals surface area (Å²) in [4.78, 5) is 9.52. The van der Waals surface area contributed by atoms with Crippen LogP contribution in [0.5, 0.6) is 5.75 Å². The third-order valence-electron chi connectivity index (χ3n) is 7.93. The van der Waals surface area contributed by atoms with Gasteiger partial charge in [-0.3, -0.25) is 4.90 Å². The third-order valence-corrected chi connectivity index (χ3v) is 7.93. The molecule has 2 N–H and O–H groups in total. The van der Waals surface area contributed by atoms with Gasteiger partial charge in [-0.15, -0.1) is 0 Å². The highest BCUT2D eigenvalue weighted by Crippen LogP contribution is 2.43. The number of likely N-dealkylation sites (tertiary alicyclic amines) is 1. The average molecular weight is 526 g/mol. The molecule has 0 amide bonds. The van der Waals surface area contributed by atoms with Crippen LogP contribution in [0.15, 0.2) is 71.3 Å². The van der Waals surface area contributed by atoms with Gasteiger partial charge in [0.15, 0.2) is 0 Å². The van der Waals surface area contributed by atoms with Crippen molar-refractivity contribution in [3.63, 3.8) is 0 Å². The van der Waals surface area contributed by atoms with Crippen molar-refractivity contribution in [1.29, 1.82) is 0 Å². The first-order valence-corrected chi connectivity index (χ1v) is 14.3. The number of piperazine rings is 1. The molecule has 39 heavy (non-hydrogen) atoms. The minimum atomic E-state index is 0.590. The summed E-state index contributed by atoms with van der Waals surface area (Å²) in [6, 6.07) is 20.9. The number of pyridine rings is 1. The number of piperidine rings is 1. The highest BCUT2D eigenvalue weighted by atomic mass is 16.5. The van der Waals surface area contributed by atoms with Crippen LogP contribution in [0.4, 0.5) is 5.69 Å². The van der Waals surface area contributed by atoms with Crippen LogP contribution in [0, 0.1) is 5.92 Å². The van der Waals surface area contributed by atoms with Crippen LogP contribution in [0.2, 0.25) is 0 Å². The molecule has 2 saturated heterocycles. The van der Waals surface area contributed by atoms with Crippen LogP contribution in [-0.2, 0) is 0 Å². The molecule has 0 saturated carbocycles. The normalized spacial score (nSPS) is 18.8. The maximum atomic E-state index is 6.47. The van der Waals surface area contributed by atoms with E-state index in [0.717, 1.165) is 91.7 Å². The second-order valence-electron chi connectivity index (χ2n) is 10.8. The van der Waals surface area contributed by atoms with E-state index >= 15 is 0 Å². The molecule has 7 heteroatoms. The summed E-state index contributed by atoms with van der Waals surface area (Å²) in [7, 11) is 2.20. The number of nitrogens with one attached hydrogen (secondary N) is 2. The molecule has 1 unspecified atom stereocenters. The number of aromatic nitrogens is 1. The first-order chi connectivity index (χ1) is 19.2. The molecule has 2 aliphatic heterocycles. The van der Waals surface area contributed by atoms with E-state index in [1.165, 1.54) is 19.4 Å². The quantitative estimate of drug-likeness (QED) is 0.311. The van der Waals surface area contributed by atoms with Gasteiger partial charge in [0.25, 0.3) is 0 Å². The molecule has 0 bridgehead atoms. The fourth-order valence-corrected chi connectivity index (χ4v) is 5.86. The van der Waals surface area contributed by atoms with Crippen molar-refractivity contribution in [2.75, 3.05) is 71.3 Å². The first kappa shape index (κ1) is 25.9.